The van der Waals surface area contributed by atoms with Gasteiger partial charge >= 0.3 is 0 Å². The van der Waals surface area contributed by atoms with Crippen LogP contribution in [0.3, 0.4) is 0 Å². The minimum absolute atomic E-state index is 0.549. The van der Waals surface area contributed by atoms with Crippen LogP contribution in [0, 0.1) is 5.41 Å². The fourth-order valence-electron chi connectivity index (χ4n) is 2.84. The van der Waals surface area contributed by atoms with E-state index in [1.165, 1.54) is 42.4 Å². The van der Waals surface area contributed by atoms with E-state index in [-0.39, 0.29) is 0 Å². The zero-order valence-corrected chi connectivity index (χ0v) is 13.0. The molecule has 0 bridgehead atoms. The van der Waals surface area contributed by atoms with Crippen molar-refractivity contribution in [2.75, 3.05) is 18.4 Å². The van der Waals surface area contributed by atoms with E-state index in [1.807, 2.05) is 11.3 Å². The molecule has 0 amide bonds. The van der Waals surface area contributed by atoms with Crippen molar-refractivity contribution < 1.29 is 0 Å². The van der Waals surface area contributed by atoms with E-state index in [0.29, 0.717) is 5.41 Å². The van der Waals surface area contributed by atoms with Gasteiger partial charge < -0.3 is 0 Å². The second kappa shape index (κ2) is 6.35. The number of thiophene rings is 1. The van der Waals surface area contributed by atoms with Crippen molar-refractivity contribution in [1.29, 1.82) is 0 Å². The van der Waals surface area contributed by atoms with Gasteiger partial charge in [0.15, 0.2) is 0 Å². The SMILES string of the molecule is CCN(Cc1cccs1)CC1(CBr)CCCC1. The maximum Gasteiger partial charge on any atom is 0.0328 e. The molecular weight excluding hydrogens is 294 g/mol. The van der Waals surface area contributed by atoms with E-state index in [4.69, 9.17) is 0 Å². The highest BCUT2D eigenvalue weighted by Gasteiger charge is 2.34. The highest BCUT2D eigenvalue weighted by atomic mass is 79.9. The van der Waals surface area contributed by atoms with Gasteiger partial charge in [-0.25, -0.2) is 0 Å². The monoisotopic (exact) mass is 315 g/mol. The Morgan fingerprint density at radius 1 is 1.41 bits per heavy atom. The molecule has 0 atom stereocenters. The van der Waals surface area contributed by atoms with Gasteiger partial charge in [0, 0.05) is 23.3 Å². The lowest BCUT2D eigenvalue weighted by Crippen LogP contribution is -2.36. The topological polar surface area (TPSA) is 3.24 Å². The van der Waals surface area contributed by atoms with Gasteiger partial charge in [-0.15, -0.1) is 11.3 Å². The number of hydrogen-bond acceptors (Lipinski definition) is 2. The first-order valence-electron chi connectivity index (χ1n) is 6.59. The maximum atomic E-state index is 3.74. The molecule has 0 aliphatic heterocycles. The molecule has 1 aromatic heterocycles. The summed E-state index contributed by atoms with van der Waals surface area (Å²) in [5, 5.41) is 3.35. The summed E-state index contributed by atoms with van der Waals surface area (Å²) in [5.74, 6) is 0. The van der Waals surface area contributed by atoms with E-state index in [0.717, 1.165) is 13.1 Å². The Morgan fingerprint density at radius 3 is 2.71 bits per heavy atom. The normalized spacial score (nSPS) is 19.0. The highest BCUT2D eigenvalue weighted by Crippen LogP contribution is 2.40. The minimum atomic E-state index is 0.549. The van der Waals surface area contributed by atoms with Crippen LogP contribution >= 0.6 is 27.3 Å². The van der Waals surface area contributed by atoms with Gasteiger partial charge in [0.25, 0.3) is 0 Å². The van der Waals surface area contributed by atoms with Crippen molar-refractivity contribution in [3.63, 3.8) is 0 Å². The first kappa shape index (κ1) is 13.6. The van der Waals surface area contributed by atoms with Crippen molar-refractivity contribution in [2.24, 2.45) is 5.41 Å². The summed E-state index contributed by atoms with van der Waals surface area (Å²) >= 11 is 5.62. The van der Waals surface area contributed by atoms with Gasteiger partial charge in [-0.05, 0) is 36.2 Å². The molecule has 2 rings (SSSR count). The largest absolute Gasteiger partial charge is 0.298 e. The molecule has 1 heterocycles. The van der Waals surface area contributed by atoms with E-state index in [9.17, 15) is 0 Å². The van der Waals surface area contributed by atoms with Crippen molar-refractivity contribution in [1.82, 2.24) is 4.90 Å². The predicted molar refractivity (Wildman–Crippen MR) is 80.0 cm³/mol. The molecule has 0 radical (unpaired) electrons. The summed E-state index contributed by atoms with van der Waals surface area (Å²) in [6, 6.07) is 4.41. The van der Waals surface area contributed by atoms with Gasteiger partial charge in [0.2, 0.25) is 0 Å². The van der Waals surface area contributed by atoms with Crippen molar-refractivity contribution in [3.05, 3.63) is 22.4 Å². The first-order chi connectivity index (χ1) is 8.28. The molecule has 96 valence electrons. The Hall–Kier alpha value is 0.140. The summed E-state index contributed by atoms with van der Waals surface area (Å²) in [4.78, 5) is 4.10. The molecule has 3 heteroatoms. The number of halogens is 1. The van der Waals surface area contributed by atoms with Crippen molar-refractivity contribution in [2.45, 2.75) is 39.2 Å². The van der Waals surface area contributed by atoms with Gasteiger partial charge in [-0.2, -0.15) is 0 Å². The molecule has 1 fully saturated rings. The average molecular weight is 316 g/mol. The quantitative estimate of drug-likeness (QED) is 0.697. The lowest BCUT2D eigenvalue weighted by Gasteiger charge is -2.33. The Bertz CT molecular complexity index is 317. The number of alkyl halides is 1. The molecule has 1 aliphatic carbocycles. The Labute approximate surface area is 117 Å². The Morgan fingerprint density at radius 2 is 2.18 bits per heavy atom. The van der Waals surface area contributed by atoms with Crippen LogP contribution in [-0.4, -0.2) is 23.3 Å². The Balaban J connectivity index is 1.94. The zero-order valence-electron chi connectivity index (χ0n) is 10.6. The summed E-state index contributed by atoms with van der Waals surface area (Å²) in [7, 11) is 0. The van der Waals surface area contributed by atoms with Crippen LogP contribution in [0.15, 0.2) is 17.5 Å². The van der Waals surface area contributed by atoms with Crippen LogP contribution in [0.4, 0.5) is 0 Å². The third-order valence-electron chi connectivity index (χ3n) is 3.91. The third kappa shape index (κ3) is 3.55. The van der Waals surface area contributed by atoms with Crippen LogP contribution in [0.2, 0.25) is 0 Å². The molecule has 1 nitrogen and oxygen atoms in total. The fraction of sp³-hybridized carbons (Fsp3) is 0.714. The summed E-state index contributed by atoms with van der Waals surface area (Å²) in [6.45, 7) is 5.83. The minimum Gasteiger partial charge on any atom is -0.298 e. The van der Waals surface area contributed by atoms with E-state index in [1.54, 1.807) is 0 Å². The van der Waals surface area contributed by atoms with Crippen molar-refractivity contribution in [3.8, 4) is 0 Å². The van der Waals surface area contributed by atoms with Gasteiger partial charge in [-0.3, -0.25) is 4.90 Å². The average Bonchev–Trinajstić information content (AvgIpc) is 3.00. The van der Waals surface area contributed by atoms with Crippen LogP contribution in [0.5, 0.6) is 0 Å². The predicted octanol–water partition coefficient (Wildman–Crippen LogP) is 4.53. The molecule has 0 unspecified atom stereocenters. The number of nitrogens with zero attached hydrogens (tertiary/aromatic N) is 1. The molecule has 17 heavy (non-hydrogen) atoms. The standard InChI is InChI=1S/C14H22BrNS/c1-2-16(10-13-6-5-9-17-13)12-14(11-15)7-3-4-8-14/h5-6,9H,2-4,7-8,10-12H2,1H3. The van der Waals surface area contributed by atoms with E-state index in [2.05, 4.69) is 45.3 Å². The fourth-order valence-corrected chi connectivity index (χ4v) is 4.32. The third-order valence-corrected chi connectivity index (χ3v) is 5.96. The van der Waals surface area contributed by atoms with Gasteiger partial charge in [0.05, 0.1) is 0 Å². The Kier molecular flexibility index (Phi) is 5.07. The summed E-state index contributed by atoms with van der Waals surface area (Å²) in [5.41, 5.74) is 0.549. The number of rotatable bonds is 6. The molecule has 1 saturated carbocycles. The molecule has 1 aliphatic rings. The molecule has 0 spiro atoms. The maximum absolute atomic E-state index is 3.74. The van der Waals surface area contributed by atoms with Gasteiger partial charge in [-0.1, -0.05) is 41.8 Å². The molecule has 0 N–H and O–H groups in total. The smallest absolute Gasteiger partial charge is 0.0328 e. The second-order valence-corrected chi connectivity index (χ2v) is 6.82. The molecular formula is C14H22BrNS. The summed E-state index contributed by atoms with van der Waals surface area (Å²) in [6.07, 6.45) is 5.64. The zero-order chi connectivity index (χ0) is 12.1. The van der Waals surface area contributed by atoms with E-state index < -0.39 is 0 Å². The van der Waals surface area contributed by atoms with Crippen LogP contribution in [0.25, 0.3) is 0 Å². The molecule has 0 saturated heterocycles. The highest BCUT2D eigenvalue weighted by molar-refractivity contribution is 9.09. The van der Waals surface area contributed by atoms with Gasteiger partial charge in [0.1, 0.15) is 0 Å². The van der Waals surface area contributed by atoms with Crippen molar-refractivity contribution >= 4 is 27.3 Å². The second-order valence-electron chi connectivity index (χ2n) is 5.22. The van der Waals surface area contributed by atoms with Crippen LogP contribution in [0.1, 0.15) is 37.5 Å². The van der Waals surface area contributed by atoms with Crippen LogP contribution < -0.4 is 0 Å². The van der Waals surface area contributed by atoms with Crippen LogP contribution in [-0.2, 0) is 6.54 Å². The lowest BCUT2D eigenvalue weighted by molar-refractivity contribution is 0.173. The van der Waals surface area contributed by atoms with E-state index >= 15 is 0 Å². The number of hydrogen-bond donors (Lipinski definition) is 0. The molecule has 1 aromatic rings. The molecule has 0 aromatic carbocycles. The first-order valence-corrected chi connectivity index (χ1v) is 8.59. The lowest BCUT2D eigenvalue weighted by atomic mass is 9.88. The summed E-state index contributed by atoms with van der Waals surface area (Å²) < 4.78 is 0.